The van der Waals surface area contributed by atoms with E-state index in [-0.39, 0.29) is 30.2 Å². The molecule has 16 heteroatoms. The van der Waals surface area contributed by atoms with Gasteiger partial charge in [0.05, 0.1) is 0 Å². The summed E-state index contributed by atoms with van der Waals surface area (Å²) in [7, 11) is 4.47. The maximum Gasteiger partial charge on any atom is 0.342 e. The summed E-state index contributed by atoms with van der Waals surface area (Å²) in [6.45, 7) is 4.40. The highest BCUT2D eigenvalue weighted by molar-refractivity contribution is 6.02. The van der Waals surface area contributed by atoms with Crippen LogP contribution in [-0.4, -0.2) is 55.5 Å². The molecule has 3 heterocycles. The molecule has 0 aliphatic rings. The van der Waals surface area contributed by atoms with E-state index in [1.54, 1.807) is 7.05 Å². The summed E-state index contributed by atoms with van der Waals surface area (Å²) in [5.74, 6) is -1.87. The van der Waals surface area contributed by atoms with Crippen LogP contribution in [-0.2, 0) is 34.2 Å². The van der Waals surface area contributed by atoms with Gasteiger partial charge in [0.25, 0.3) is 17.0 Å². The molecule has 0 radical (unpaired) electrons. The predicted octanol–water partition coefficient (Wildman–Crippen LogP) is -0.832. The first-order chi connectivity index (χ1) is 17.9. The highest BCUT2D eigenvalue weighted by atomic mass is 16.4. The molecule has 0 aromatic carbocycles. The number of aromatic carboxylic acids is 1. The highest BCUT2D eigenvalue weighted by Crippen LogP contribution is 2.00. The zero-order chi connectivity index (χ0) is 28.6. The smallest absolute Gasteiger partial charge is 0.342 e. The van der Waals surface area contributed by atoms with Crippen molar-refractivity contribution < 1.29 is 14.7 Å². The quantitative estimate of drug-likeness (QED) is 0.350. The summed E-state index contributed by atoms with van der Waals surface area (Å²) >= 11 is 0. The monoisotopic (exact) mass is 533 g/mol. The molecule has 206 valence electrons. The number of nitrogens with one attached hydrogen (secondary N) is 1. The molecule has 3 aromatic rings. The van der Waals surface area contributed by atoms with Gasteiger partial charge in [0.15, 0.2) is 0 Å². The van der Waals surface area contributed by atoms with Crippen LogP contribution in [0.15, 0.2) is 31.6 Å². The molecule has 0 unspecified atom stereocenters. The summed E-state index contributed by atoms with van der Waals surface area (Å²) in [6, 6.07) is 0. The molecule has 1 amide bonds. The first kappa shape index (κ1) is 29.6. The molecule has 3 aromatic heterocycles. The third-order valence-corrected chi connectivity index (χ3v) is 5.45. The Morgan fingerprint density at radius 3 is 1.74 bits per heavy atom. The molecule has 0 bridgehead atoms. The Bertz CT molecular complexity index is 1540. The number of tetrazole rings is 1. The number of anilines is 1. The number of carbonyl (C=O) groups is 2. The second-order valence-electron chi connectivity index (χ2n) is 8.38. The number of carbonyl (C=O) groups excluding carboxylic acids is 1. The zero-order valence-corrected chi connectivity index (χ0v) is 21.9. The van der Waals surface area contributed by atoms with Gasteiger partial charge in [-0.25, -0.2) is 19.1 Å². The van der Waals surface area contributed by atoms with Crippen molar-refractivity contribution in [2.24, 2.45) is 21.1 Å². The fourth-order valence-corrected chi connectivity index (χ4v) is 3.29. The first-order valence-electron chi connectivity index (χ1n) is 11.8. The van der Waals surface area contributed by atoms with Gasteiger partial charge in [0, 0.05) is 46.6 Å². The van der Waals surface area contributed by atoms with Crippen molar-refractivity contribution >= 4 is 17.8 Å². The Balaban J connectivity index is 0.000000281. The molecule has 0 aliphatic carbocycles. The SMILES string of the molecule is CCCCn1c(=O)c(C(=O)Nc2nnnn2C)cn(C)c1=O.CCCCn1c(=O)c(C(=O)O)cn(C)c1=O. The van der Waals surface area contributed by atoms with Crippen LogP contribution in [0.1, 0.15) is 60.2 Å². The van der Waals surface area contributed by atoms with Crippen LogP contribution in [0.25, 0.3) is 0 Å². The summed E-state index contributed by atoms with van der Waals surface area (Å²) in [4.78, 5) is 70.6. The van der Waals surface area contributed by atoms with Crippen LogP contribution in [0, 0.1) is 0 Å². The lowest BCUT2D eigenvalue weighted by Crippen LogP contribution is -2.42. The first-order valence-corrected chi connectivity index (χ1v) is 11.8. The number of carboxylic acid groups (broad SMARTS) is 1. The molecule has 38 heavy (non-hydrogen) atoms. The van der Waals surface area contributed by atoms with Gasteiger partial charge in [0.1, 0.15) is 11.1 Å². The number of carboxylic acids is 1. The van der Waals surface area contributed by atoms with Gasteiger partial charge in [-0.3, -0.25) is 28.8 Å². The zero-order valence-electron chi connectivity index (χ0n) is 21.9. The minimum absolute atomic E-state index is 0.110. The van der Waals surface area contributed by atoms with Crippen LogP contribution in [0.3, 0.4) is 0 Å². The van der Waals surface area contributed by atoms with E-state index in [0.717, 1.165) is 32.7 Å². The lowest BCUT2D eigenvalue weighted by Gasteiger charge is -2.09. The molecule has 0 spiro atoms. The molecule has 3 rings (SSSR count). The summed E-state index contributed by atoms with van der Waals surface area (Å²) in [5, 5.41) is 21.8. The van der Waals surface area contributed by atoms with Crippen molar-refractivity contribution in [3.63, 3.8) is 0 Å². The van der Waals surface area contributed by atoms with Crippen molar-refractivity contribution in [1.29, 1.82) is 0 Å². The fourth-order valence-electron chi connectivity index (χ4n) is 3.29. The Kier molecular flexibility index (Phi) is 10.2. The Hall–Kier alpha value is -4.63. The van der Waals surface area contributed by atoms with E-state index in [4.69, 9.17) is 5.11 Å². The number of aryl methyl sites for hydroxylation is 3. The van der Waals surface area contributed by atoms with Gasteiger partial charge in [-0.2, -0.15) is 0 Å². The standard InChI is InChI=1S/C12H17N7O3.C10H14N2O4/c1-4-5-6-19-10(21)8(7-17(2)12(19)22)9(20)13-11-14-15-16-18(11)3;1-3-4-5-12-8(13)7(9(14)15)6-11(2)10(12)16/h7H,4-6H2,1-3H3,(H,13,14,16,20);6H,3-5H2,1-2H3,(H,14,15). The van der Waals surface area contributed by atoms with Gasteiger partial charge in [-0.1, -0.05) is 31.8 Å². The number of hydrogen-bond acceptors (Lipinski definition) is 9. The summed E-state index contributed by atoms with van der Waals surface area (Å²) < 4.78 is 5.61. The number of rotatable bonds is 9. The molecular formula is C22H31N9O7. The number of amides is 1. The molecule has 0 saturated heterocycles. The van der Waals surface area contributed by atoms with Gasteiger partial charge < -0.3 is 14.2 Å². The maximum atomic E-state index is 12.3. The summed E-state index contributed by atoms with van der Waals surface area (Å²) in [5.41, 5.74) is -2.80. The van der Waals surface area contributed by atoms with Gasteiger partial charge in [-0.05, 0) is 23.3 Å². The van der Waals surface area contributed by atoms with Crippen molar-refractivity contribution in [1.82, 2.24) is 38.5 Å². The maximum absolute atomic E-state index is 12.3. The average molecular weight is 534 g/mol. The second-order valence-corrected chi connectivity index (χ2v) is 8.38. The average Bonchev–Trinajstić information content (AvgIpc) is 3.27. The van der Waals surface area contributed by atoms with Crippen molar-refractivity contribution in [3.8, 4) is 0 Å². The van der Waals surface area contributed by atoms with Crippen LogP contribution >= 0.6 is 0 Å². The molecule has 2 N–H and O–H groups in total. The molecular weight excluding hydrogens is 502 g/mol. The highest BCUT2D eigenvalue weighted by Gasteiger charge is 2.18. The molecule has 0 aliphatic heterocycles. The topological polar surface area (TPSA) is 198 Å². The minimum Gasteiger partial charge on any atom is -0.477 e. The molecule has 16 nitrogen and oxygen atoms in total. The predicted molar refractivity (Wildman–Crippen MR) is 135 cm³/mol. The Morgan fingerprint density at radius 2 is 1.32 bits per heavy atom. The van der Waals surface area contributed by atoms with E-state index in [0.29, 0.717) is 12.8 Å². The van der Waals surface area contributed by atoms with Gasteiger partial charge in [0.2, 0.25) is 5.95 Å². The van der Waals surface area contributed by atoms with E-state index < -0.39 is 34.4 Å². The van der Waals surface area contributed by atoms with Crippen LogP contribution in [0.5, 0.6) is 0 Å². The number of unbranched alkanes of at least 4 members (excludes halogenated alkanes) is 2. The largest absolute Gasteiger partial charge is 0.477 e. The van der Waals surface area contributed by atoms with E-state index in [1.807, 2.05) is 13.8 Å². The van der Waals surface area contributed by atoms with E-state index in [1.165, 1.54) is 29.5 Å². The number of aromatic nitrogens is 8. The Labute approximate surface area is 215 Å². The van der Waals surface area contributed by atoms with Crippen molar-refractivity contribution in [2.45, 2.75) is 52.6 Å². The van der Waals surface area contributed by atoms with Crippen LogP contribution in [0.2, 0.25) is 0 Å². The lowest BCUT2D eigenvalue weighted by molar-refractivity contribution is 0.0692. The van der Waals surface area contributed by atoms with Gasteiger partial charge in [-0.15, -0.1) is 0 Å². The molecule has 0 atom stereocenters. The third-order valence-electron chi connectivity index (χ3n) is 5.45. The normalized spacial score (nSPS) is 10.6. The lowest BCUT2D eigenvalue weighted by atomic mass is 10.3. The van der Waals surface area contributed by atoms with Crippen molar-refractivity contribution in [3.05, 3.63) is 65.2 Å². The molecule has 0 fully saturated rings. The second kappa shape index (κ2) is 13.1. The van der Waals surface area contributed by atoms with E-state index in [2.05, 4.69) is 20.8 Å². The molecule has 0 saturated carbocycles. The van der Waals surface area contributed by atoms with Crippen molar-refractivity contribution in [2.75, 3.05) is 5.32 Å². The minimum atomic E-state index is -1.31. The van der Waals surface area contributed by atoms with E-state index in [9.17, 15) is 28.8 Å². The van der Waals surface area contributed by atoms with E-state index >= 15 is 0 Å². The van der Waals surface area contributed by atoms with Crippen LogP contribution < -0.4 is 27.8 Å². The van der Waals surface area contributed by atoms with Crippen LogP contribution in [0.4, 0.5) is 5.95 Å². The van der Waals surface area contributed by atoms with Gasteiger partial charge >= 0.3 is 17.3 Å². The third kappa shape index (κ3) is 6.77. The number of hydrogen-bond donors (Lipinski definition) is 2. The number of nitrogens with zero attached hydrogens (tertiary/aromatic N) is 8. The Morgan fingerprint density at radius 1 is 0.842 bits per heavy atom. The fraction of sp³-hybridized carbons (Fsp3) is 0.500. The summed E-state index contributed by atoms with van der Waals surface area (Å²) in [6.07, 6.45) is 5.26.